The van der Waals surface area contributed by atoms with Gasteiger partial charge < -0.3 is 9.30 Å². The first-order valence-electron chi connectivity index (χ1n) is 9.06. The number of nitrogens with zero attached hydrogens (tertiary/aromatic N) is 2. The van der Waals surface area contributed by atoms with Crippen molar-refractivity contribution in [2.45, 2.75) is 34.2 Å². The molecule has 0 atom stereocenters. The first-order valence-corrected chi connectivity index (χ1v) is 9.94. The third-order valence-electron chi connectivity index (χ3n) is 4.13. The van der Waals surface area contributed by atoms with Crippen LogP contribution in [0.25, 0.3) is 6.08 Å². The highest BCUT2D eigenvalue weighted by molar-refractivity contribution is 7.12. The molecule has 152 valence electrons. The van der Waals surface area contributed by atoms with Gasteiger partial charge in [0, 0.05) is 17.9 Å². The molecule has 0 aliphatic heterocycles. The summed E-state index contributed by atoms with van der Waals surface area (Å²) in [6.45, 7) is 8.29. The van der Waals surface area contributed by atoms with Gasteiger partial charge in [0.1, 0.15) is 11.6 Å². The van der Waals surface area contributed by atoms with E-state index in [0.29, 0.717) is 10.8 Å². The molecule has 0 radical (unpaired) electrons. The van der Waals surface area contributed by atoms with Crippen LogP contribution in [0.15, 0.2) is 29.2 Å². The van der Waals surface area contributed by atoms with Gasteiger partial charge in [0.25, 0.3) is 11.8 Å². The standard InChI is InChI=1S/C21H23N3O4S/c1-13(2)11-24-14(3)8-16(15(24)4)9-17(10-22)21(27)28-12-19(25)23-20(26)18-6-5-7-29-18/h5-9,13H,11-12H2,1-4H3,(H,23,25,26)/b17-9+. The molecule has 0 bridgehead atoms. The lowest BCUT2D eigenvalue weighted by molar-refractivity contribution is -0.144. The van der Waals surface area contributed by atoms with Crippen molar-refractivity contribution in [3.8, 4) is 6.07 Å². The van der Waals surface area contributed by atoms with Gasteiger partial charge in [0.15, 0.2) is 6.61 Å². The number of aryl methyl sites for hydroxylation is 1. The fourth-order valence-corrected chi connectivity index (χ4v) is 3.37. The van der Waals surface area contributed by atoms with E-state index in [-0.39, 0.29) is 5.57 Å². The monoisotopic (exact) mass is 413 g/mol. The SMILES string of the molecule is Cc1cc(/C=C(\C#N)C(=O)OCC(=O)NC(=O)c2cccs2)c(C)n1CC(C)C. The Morgan fingerprint density at radius 3 is 2.66 bits per heavy atom. The highest BCUT2D eigenvalue weighted by Crippen LogP contribution is 2.20. The van der Waals surface area contributed by atoms with E-state index >= 15 is 0 Å². The summed E-state index contributed by atoms with van der Waals surface area (Å²) in [4.78, 5) is 36.2. The van der Waals surface area contributed by atoms with Crippen molar-refractivity contribution in [2.75, 3.05) is 6.61 Å². The Balaban J connectivity index is 2.02. The number of hydrogen-bond donors (Lipinski definition) is 1. The van der Waals surface area contributed by atoms with Gasteiger partial charge in [0.2, 0.25) is 0 Å². The van der Waals surface area contributed by atoms with Crippen LogP contribution >= 0.6 is 11.3 Å². The number of nitriles is 1. The van der Waals surface area contributed by atoms with Gasteiger partial charge in [-0.3, -0.25) is 14.9 Å². The Labute approximate surface area is 173 Å². The lowest BCUT2D eigenvalue weighted by Gasteiger charge is -2.12. The van der Waals surface area contributed by atoms with Crippen LogP contribution in [0.2, 0.25) is 0 Å². The second kappa shape index (κ2) is 9.85. The molecule has 0 unspecified atom stereocenters. The minimum atomic E-state index is -0.917. The molecule has 0 fully saturated rings. The Bertz CT molecular complexity index is 978. The van der Waals surface area contributed by atoms with Gasteiger partial charge >= 0.3 is 5.97 Å². The molecule has 7 nitrogen and oxygen atoms in total. The van der Waals surface area contributed by atoms with Crippen LogP contribution in [-0.4, -0.2) is 29.0 Å². The zero-order valence-electron chi connectivity index (χ0n) is 16.8. The lowest BCUT2D eigenvalue weighted by Crippen LogP contribution is -2.33. The number of carbonyl (C=O) groups excluding carboxylic acids is 3. The van der Waals surface area contributed by atoms with E-state index in [2.05, 4.69) is 23.7 Å². The van der Waals surface area contributed by atoms with E-state index in [4.69, 9.17) is 4.74 Å². The van der Waals surface area contributed by atoms with Crippen molar-refractivity contribution >= 4 is 35.2 Å². The van der Waals surface area contributed by atoms with E-state index in [9.17, 15) is 19.6 Å². The summed E-state index contributed by atoms with van der Waals surface area (Å²) < 4.78 is 7.02. The summed E-state index contributed by atoms with van der Waals surface area (Å²) in [5.41, 5.74) is 2.50. The van der Waals surface area contributed by atoms with Crippen molar-refractivity contribution in [1.82, 2.24) is 9.88 Å². The van der Waals surface area contributed by atoms with Gasteiger partial charge in [-0.15, -0.1) is 11.3 Å². The third-order valence-corrected chi connectivity index (χ3v) is 5.00. The molecular weight excluding hydrogens is 390 g/mol. The molecule has 2 aromatic rings. The van der Waals surface area contributed by atoms with Crippen LogP contribution in [0.1, 0.15) is 40.5 Å². The number of ether oxygens (including phenoxy) is 1. The lowest BCUT2D eigenvalue weighted by atomic mass is 10.1. The fourth-order valence-electron chi connectivity index (χ4n) is 2.75. The van der Waals surface area contributed by atoms with Crippen LogP contribution in [0.4, 0.5) is 0 Å². The second-order valence-corrected chi connectivity index (χ2v) is 7.88. The number of rotatable bonds is 7. The predicted molar refractivity (Wildman–Crippen MR) is 110 cm³/mol. The predicted octanol–water partition coefficient (Wildman–Crippen LogP) is 3.23. The van der Waals surface area contributed by atoms with E-state index in [1.165, 1.54) is 17.4 Å². The molecule has 0 aliphatic carbocycles. The zero-order chi connectivity index (χ0) is 21.6. The Morgan fingerprint density at radius 1 is 1.34 bits per heavy atom. The maximum Gasteiger partial charge on any atom is 0.349 e. The topological polar surface area (TPSA) is 101 Å². The normalized spacial score (nSPS) is 11.2. The van der Waals surface area contributed by atoms with Crippen molar-refractivity contribution in [3.63, 3.8) is 0 Å². The van der Waals surface area contributed by atoms with E-state index < -0.39 is 24.4 Å². The first-order chi connectivity index (χ1) is 13.7. The fraction of sp³-hybridized carbons (Fsp3) is 0.333. The molecular formula is C21H23N3O4S. The Kier molecular flexibility index (Phi) is 7.51. The summed E-state index contributed by atoms with van der Waals surface area (Å²) >= 11 is 1.19. The number of amides is 2. The van der Waals surface area contributed by atoms with E-state index in [1.807, 2.05) is 26.0 Å². The Hall–Kier alpha value is -3.18. The molecule has 2 amide bonds. The number of hydrogen-bond acceptors (Lipinski definition) is 6. The summed E-state index contributed by atoms with van der Waals surface area (Å²) in [6, 6.07) is 6.97. The maximum absolute atomic E-state index is 12.2. The first kappa shape index (κ1) is 22.1. The number of carbonyl (C=O) groups is 3. The van der Waals surface area contributed by atoms with Gasteiger partial charge in [-0.25, -0.2) is 4.79 Å². The average Bonchev–Trinajstić information content (AvgIpc) is 3.28. The van der Waals surface area contributed by atoms with Crippen LogP contribution < -0.4 is 5.32 Å². The summed E-state index contributed by atoms with van der Waals surface area (Å²) in [7, 11) is 0. The van der Waals surface area contributed by atoms with Crippen molar-refractivity contribution in [2.24, 2.45) is 5.92 Å². The number of nitrogens with one attached hydrogen (secondary N) is 1. The largest absolute Gasteiger partial charge is 0.451 e. The molecule has 2 heterocycles. The van der Waals surface area contributed by atoms with E-state index in [1.54, 1.807) is 17.5 Å². The second-order valence-electron chi connectivity index (χ2n) is 6.93. The minimum Gasteiger partial charge on any atom is -0.451 e. The highest BCUT2D eigenvalue weighted by Gasteiger charge is 2.17. The van der Waals surface area contributed by atoms with E-state index in [0.717, 1.165) is 23.5 Å². The van der Waals surface area contributed by atoms with Gasteiger partial charge in [-0.05, 0) is 48.9 Å². The highest BCUT2D eigenvalue weighted by atomic mass is 32.1. The number of aromatic nitrogens is 1. The molecule has 2 aromatic heterocycles. The summed E-state index contributed by atoms with van der Waals surface area (Å²) in [6.07, 6.45) is 1.45. The minimum absolute atomic E-state index is 0.216. The molecule has 0 aliphatic rings. The number of imide groups is 1. The Morgan fingerprint density at radius 2 is 2.07 bits per heavy atom. The van der Waals surface area contributed by atoms with Crippen LogP contribution in [0.5, 0.6) is 0 Å². The number of thiophene rings is 1. The molecule has 0 saturated heterocycles. The smallest absolute Gasteiger partial charge is 0.349 e. The van der Waals surface area contributed by atoms with Gasteiger partial charge in [0.05, 0.1) is 4.88 Å². The maximum atomic E-state index is 12.2. The van der Waals surface area contributed by atoms with Crippen molar-refractivity contribution in [3.05, 3.63) is 51.0 Å². The zero-order valence-corrected chi connectivity index (χ0v) is 17.6. The average molecular weight is 413 g/mol. The van der Waals surface area contributed by atoms with Crippen LogP contribution in [0.3, 0.4) is 0 Å². The van der Waals surface area contributed by atoms with Crippen LogP contribution in [0, 0.1) is 31.1 Å². The van der Waals surface area contributed by atoms with Crippen molar-refractivity contribution < 1.29 is 19.1 Å². The molecule has 8 heteroatoms. The van der Waals surface area contributed by atoms with Gasteiger partial charge in [-0.1, -0.05) is 19.9 Å². The number of esters is 1. The van der Waals surface area contributed by atoms with Gasteiger partial charge in [-0.2, -0.15) is 5.26 Å². The molecule has 0 aromatic carbocycles. The van der Waals surface area contributed by atoms with Crippen LogP contribution in [-0.2, 0) is 20.9 Å². The molecule has 2 rings (SSSR count). The molecule has 0 spiro atoms. The molecule has 29 heavy (non-hydrogen) atoms. The molecule has 0 saturated carbocycles. The molecule has 1 N–H and O–H groups in total. The summed E-state index contributed by atoms with van der Waals surface area (Å²) in [5, 5.41) is 13.2. The van der Waals surface area contributed by atoms with Crippen molar-refractivity contribution in [1.29, 1.82) is 5.26 Å². The summed E-state index contributed by atoms with van der Waals surface area (Å²) in [5.74, 6) is -1.79. The quantitative estimate of drug-likeness (QED) is 0.427. The third kappa shape index (κ3) is 5.90.